The summed E-state index contributed by atoms with van der Waals surface area (Å²) >= 11 is 12.0. The fourth-order valence-corrected chi connectivity index (χ4v) is 4.66. The Balaban J connectivity index is 1.50. The van der Waals surface area contributed by atoms with E-state index in [1.807, 2.05) is 38.1 Å². The Kier molecular flexibility index (Phi) is 8.86. The number of halogens is 2. The molecule has 0 atom stereocenters. The third kappa shape index (κ3) is 6.62. The Labute approximate surface area is 232 Å². The van der Waals surface area contributed by atoms with E-state index in [-0.39, 0.29) is 11.9 Å². The molecule has 3 N–H and O–H groups in total. The van der Waals surface area contributed by atoms with Crippen LogP contribution in [0.2, 0.25) is 10.0 Å². The average Bonchev–Trinajstić information content (AvgIpc) is 2.90. The number of carbonyl (C=O) groups is 2. The predicted octanol–water partition coefficient (Wildman–Crippen LogP) is 6.11. The van der Waals surface area contributed by atoms with Crippen molar-refractivity contribution in [1.29, 1.82) is 0 Å². The first-order valence-electron chi connectivity index (χ1n) is 12.4. The van der Waals surface area contributed by atoms with E-state index >= 15 is 0 Å². The Bertz CT molecular complexity index is 1310. The molecule has 3 amide bonds. The molecule has 0 aromatic heterocycles. The second-order valence-electron chi connectivity index (χ2n) is 9.21. The molecule has 4 rings (SSSR count). The van der Waals surface area contributed by atoms with Crippen LogP contribution in [0.3, 0.4) is 0 Å². The lowest BCUT2D eigenvalue weighted by molar-refractivity contribution is 0.0943. The van der Waals surface area contributed by atoms with Crippen LogP contribution >= 0.6 is 23.2 Å². The van der Waals surface area contributed by atoms with Crippen LogP contribution in [0.15, 0.2) is 60.7 Å². The van der Waals surface area contributed by atoms with Crippen molar-refractivity contribution in [3.63, 3.8) is 0 Å². The van der Waals surface area contributed by atoms with Gasteiger partial charge in [-0.3, -0.25) is 4.79 Å². The van der Waals surface area contributed by atoms with E-state index in [1.165, 1.54) is 0 Å². The topological polar surface area (TPSA) is 85.9 Å². The smallest absolute Gasteiger partial charge is 0.323 e. The summed E-state index contributed by atoms with van der Waals surface area (Å²) in [5, 5.41) is 9.24. The highest BCUT2D eigenvalue weighted by molar-refractivity contribution is 6.42. The van der Waals surface area contributed by atoms with Gasteiger partial charge < -0.3 is 30.5 Å². The standard InChI is InChI=1S/C28H31Cl2N5O3/c1-18(2)31-27(36)21-16-19(32-28(37)33-20-8-10-22(29)23(30)17-20)9-11-24(21)34-12-14-35(15-13-34)25-6-4-5-7-26(25)38-3/h4-11,16-18H,12-15H2,1-3H3,(H,31,36)(H2,32,33,37). The third-order valence-electron chi connectivity index (χ3n) is 6.14. The van der Waals surface area contributed by atoms with Gasteiger partial charge in [0.25, 0.3) is 5.91 Å². The number of rotatable bonds is 7. The summed E-state index contributed by atoms with van der Waals surface area (Å²) in [5.74, 6) is 0.642. The Morgan fingerprint density at radius 1 is 0.816 bits per heavy atom. The van der Waals surface area contributed by atoms with E-state index in [1.54, 1.807) is 37.4 Å². The van der Waals surface area contributed by atoms with Gasteiger partial charge in [-0.25, -0.2) is 4.79 Å². The molecule has 3 aromatic rings. The highest BCUT2D eigenvalue weighted by atomic mass is 35.5. The van der Waals surface area contributed by atoms with Gasteiger partial charge in [0.05, 0.1) is 28.4 Å². The minimum atomic E-state index is -0.461. The van der Waals surface area contributed by atoms with Gasteiger partial charge in [0, 0.05) is 49.3 Å². The van der Waals surface area contributed by atoms with Gasteiger partial charge in [-0.1, -0.05) is 35.3 Å². The summed E-state index contributed by atoms with van der Waals surface area (Å²) in [4.78, 5) is 30.3. The van der Waals surface area contributed by atoms with Gasteiger partial charge in [0.15, 0.2) is 0 Å². The lowest BCUT2D eigenvalue weighted by atomic mass is 10.1. The first kappa shape index (κ1) is 27.4. The number of nitrogens with zero attached hydrogens (tertiary/aromatic N) is 2. The molecule has 0 bridgehead atoms. The molecule has 0 saturated carbocycles. The summed E-state index contributed by atoms with van der Waals surface area (Å²) in [6.45, 7) is 6.83. The zero-order valence-electron chi connectivity index (χ0n) is 21.6. The number of nitrogens with one attached hydrogen (secondary N) is 3. The van der Waals surface area contributed by atoms with Crippen molar-refractivity contribution in [2.75, 3.05) is 53.7 Å². The summed E-state index contributed by atoms with van der Waals surface area (Å²) in [7, 11) is 1.68. The number of ether oxygens (including phenoxy) is 1. The molecule has 200 valence electrons. The van der Waals surface area contributed by atoms with E-state index in [0.717, 1.165) is 43.3 Å². The largest absolute Gasteiger partial charge is 0.495 e. The minimum Gasteiger partial charge on any atom is -0.495 e. The number of piperazine rings is 1. The van der Waals surface area contributed by atoms with Gasteiger partial charge in [0.2, 0.25) is 0 Å². The number of amides is 3. The van der Waals surface area contributed by atoms with Crippen LogP contribution in [0, 0.1) is 0 Å². The van der Waals surface area contributed by atoms with Gasteiger partial charge in [0.1, 0.15) is 5.75 Å². The van der Waals surface area contributed by atoms with E-state index in [4.69, 9.17) is 27.9 Å². The molecule has 0 radical (unpaired) electrons. The zero-order valence-corrected chi connectivity index (χ0v) is 23.1. The van der Waals surface area contributed by atoms with Crippen molar-refractivity contribution in [2.24, 2.45) is 0 Å². The number of carbonyl (C=O) groups excluding carboxylic acids is 2. The number of anilines is 4. The summed E-state index contributed by atoms with van der Waals surface area (Å²) in [6, 6.07) is 17.7. The van der Waals surface area contributed by atoms with Crippen LogP contribution in [0.5, 0.6) is 5.75 Å². The number of urea groups is 1. The molecule has 1 saturated heterocycles. The monoisotopic (exact) mass is 555 g/mol. The molecule has 0 unspecified atom stereocenters. The molecule has 3 aromatic carbocycles. The van der Waals surface area contributed by atoms with Crippen LogP contribution < -0.4 is 30.5 Å². The van der Waals surface area contributed by atoms with Gasteiger partial charge >= 0.3 is 6.03 Å². The molecule has 1 fully saturated rings. The Hall–Kier alpha value is -3.62. The average molecular weight is 556 g/mol. The minimum absolute atomic E-state index is 0.0349. The van der Waals surface area contributed by atoms with E-state index in [2.05, 4.69) is 31.8 Å². The SMILES string of the molecule is COc1ccccc1N1CCN(c2ccc(NC(=O)Nc3ccc(Cl)c(Cl)c3)cc2C(=O)NC(C)C)CC1. The van der Waals surface area contributed by atoms with Crippen LogP contribution in [0.4, 0.5) is 27.5 Å². The molecular formula is C28H31Cl2N5O3. The molecule has 10 heteroatoms. The Morgan fingerprint density at radius 2 is 1.42 bits per heavy atom. The van der Waals surface area contributed by atoms with Crippen LogP contribution in [0.1, 0.15) is 24.2 Å². The Morgan fingerprint density at radius 3 is 2.05 bits per heavy atom. The van der Waals surface area contributed by atoms with Crippen LogP contribution in [-0.4, -0.2) is 51.3 Å². The molecule has 1 aliphatic heterocycles. The summed E-state index contributed by atoms with van der Waals surface area (Å²) in [5.41, 5.74) is 3.36. The zero-order chi connectivity index (χ0) is 27.2. The van der Waals surface area contributed by atoms with Crippen LogP contribution in [-0.2, 0) is 0 Å². The number of methoxy groups -OCH3 is 1. The van der Waals surface area contributed by atoms with E-state index < -0.39 is 6.03 Å². The number of hydrogen-bond donors (Lipinski definition) is 3. The number of para-hydroxylation sites is 2. The first-order chi connectivity index (χ1) is 18.2. The fraction of sp³-hybridized carbons (Fsp3) is 0.286. The molecular weight excluding hydrogens is 525 g/mol. The molecule has 38 heavy (non-hydrogen) atoms. The van der Waals surface area contributed by atoms with Gasteiger partial charge in [-0.2, -0.15) is 0 Å². The van der Waals surface area contributed by atoms with Crippen molar-refractivity contribution < 1.29 is 14.3 Å². The van der Waals surface area contributed by atoms with Crippen molar-refractivity contribution in [2.45, 2.75) is 19.9 Å². The number of hydrogen-bond acceptors (Lipinski definition) is 5. The van der Waals surface area contributed by atoms with Crippen molar-refractivity contribution in [1.82, 2.24) is 5.32 Å². The highest BCUT2D eigenvalue weighted by Gasteiger charge is 2.24. The molecule has 1 heterocycles. The first-order valence-corrected chi connectivity index (χ1v) is 13.1. The lowest BCUT2D eigenvalue weighted by Crippen LogP contribution is -2.47. The predicted molar refractivity (Wildman–Crippen MR) is 156 cm³/mol. The second kappa shape index (κ2) is 12.3. The number of benzene rings is 3. The normalized spacial score (nSPS) is 13.3. The lowest BCUT2D eigenvalue weighted by Gasteiger charge is -2.38. The second-order valence-corrected chi connectivity index (χ2v) is 10.0. The van der Waals surface area contributed by atoms with E-state index in [0.29, 0.717) is 27.0 Å². The summed E-state index contributed by atoms with van der Waals surface area (Å²) in [6.07, 6.45) is 0. The van der Waals surface area contributed by atoms with Gasteiger partial charge in [-0.15, -0.1) is 0 Å². The molecule has 8 nitrogen and oxygen atoms in total. The van der Waals surface area contributed by atoms with E-state index in [9.17, 15) is 9.59 Å². The molecule has 0 spiro atoms. The maximum Gasteiger partial charge on any atom is 0.323 e. The third-order valence-corrected chi connectivity index (χ3v) is 6.88. The van der Waals surface area contributed by atoms with Crippen molar-refractivity contribution >= 4 is 57.9 Å². The molecule has 0 aliphatic carbocycles. The molecule has 1 aliphatic rings. The van der Waals surface area contributed by atoms with Crippen LogP contribution in [0.25, 0.3) is 0 Å². The van der Waals surface area contributed by atoms with Gasteiger partial charge in [-0.05, 0) is 62.4 Å². The maximum absolute atomic E-state index is 13.2. The summed E-state index contributed by atoms with van der Waals surface area (Å²) < 4.78 is 5.53. The van der Waals surface area contributed by atoms with Crippen molar-refractivity contribution in [3.8, 4) is 5.75 Å². The maximum atomic E-state index is 13.2. The fourth-order valence-electron chi connectivity index (χ4n) is 4.36. The quantitative estimate of drug-likeness (QED) is 0.327. The highest BCUT2D eigenvalue weighted by Crippen LogP contribution is 2.31. The van der Waals surface area contributed by atoms with Crippen molar-refractivity contribution in [3.05, 3.63) is 76.3 Å².